The molecule has 2 heterocycles. The third-order valence-corrected chi connectivity index (χ3v) is 5.75. The maximum absolute atomic E-state index is 6.05. The van der Waals surface area contributed by atoms with E-state index in [1.165, 1.54) is 31.7 Å². The van der Waals surface area contributed by atoms with Gasteiger partial charge in [-0.1, -0.05) is 66.8 Å². The van der Waals surface area contributed by atoms with Crippen LogP contribution in [0.25, 0.3) is 21.7 Å². The van der Waals surface area contributed by atoms with E-state index in [4.69, 9.17) is 4.74 Å². The Hall–Kier alpha value is -2.84. The highest BCUT2D eigenvalue weighted by Crippen LogP contribution is 2.38. The summed E-state index contributed by atoms with van der Waals surface area (Å²) in [5.74, 6) is 0.975. The molecular formula is C25H22OS. The molecule has 0 N–H and O–H groups in total. The summed E-state index contributed by atoms with van der Waals surface area (Å²) in [5.41, 5.74) is 3.74. The number of rotatable bonds is 3. The van der Waals surface area contributed by atoms with Crippen LogP contribution in [0.15, 0.2) is 85.0 Å². The van der Waals surface area contributed by atoms with E-state index in [0.717, 1.165) is 12.2 Å². The monoisotopic (exact) mass is 370 g/mol. The Bertz CT molecular complexity index is 1060. The van der Waals surface area contributed by atoms with Gasteiger partial charge in [0, 0.05) is 20.5 Å². The summed E-state index contributed by atoms with van der Waals surface area (Å²) in [7, 11) is 0. The number of allylic oxidation sites excluding steroid dienone is 6. The van der Waals surface area contributed by atoms with Gasteiger partial charge in [-0.2, -0.15) is 0 Å². The molecule has 4 rings (SSSR count). The molecule has 0 fully saturated rings. The molecule has 0 spiro atoms. The number of para-hydroxylation sites is 1. The van der Waals surface area contributed by atoms with Crippen molar-refractivity contribution in [3.63, 3.8) is 0 Å². The molecule has 27 heavy (non-hydrogen) atoms. The molecule has 2 heteroatoms. The first-order valence-corrected chi connectivity index (χ1v) is 10.1. The molecule has 3 aromatic rings. The minimum Gasteiger partial charge on any atom is -0.489 e. The molecule has 1 aliphatic rings. The van der Waals surface area contributed by atoms with Crippen LogP contribution in [0.2, 0.25) is 0 Å². The molecule has 0 amide bonds. The number of thiophene rings is 1. The van der Waals surface area contributed by atoms with Gasteiger partial charge < -0.3 is 4.74 Å². The Morgan fingerprint density at radius 2 is 1.85 bits per heavy atom. The molecule has 2 aromatic carbocycles. The highest BCUT2D eigenvalue weighted by Gasteiger charge is 2.13. The lowest BCUT2D eigenvalue weighted by atomic mass is 10.00. The zero-order valence-corrected chi connectivity index (χ0v) is 16.2. The van der Waals surface area contributed by atoms with E-state index in [1.54, 1.807) is 0 Å². The minimum atomic E-state index is 0.568. The second-order valence-electron chi connectivity index (χ2n) is 6.41. The topological polar surface area (TPSA) is 9.23 Å². The molecule has 0 saturated heterocycles. The van der Waals surface area contributed by atoms with E-state index in [-0.39, 0.29) is 0 Å². The van der Waals surface area contributed by atoms with E-state index in [9.17, 15) is 0 Å². The van der Waals surface area contributed by atoms with Gasteiger partial charge in [-0.25, -0.2) is 0 Å². The Morgan fingerprint density at radius 1 is 1.00 bits per heavy atom. The summed E-state index contributed by atoms with van der Waals surface area (Å²) < 4.78 is 7.36. The molecule has 0 saturated carbocycles. The van der Waals surface area contributed by atoms with E-state index in [1.807, 2.05) is 36.5 Å². The van der Waals surface area contributed by atoms with Crippen molar-refractivity contribution in [2.45, 2.75) is 13.3 Å². The molecule has 1 aliphatic heterocycles. The predicted octanol–water partition coefficient (Wildman–Crippen LogP) is 7.07. The normalized spacial score (nSPS) is 14.6. The average molecular weight is 371 g/mol. The van der Waals surface area contributed by atoms with Crippen LogP contribution in [0, 0.1) is 0 Å². The average Bonchev–Trinajstić information content (AvgIpc) is 3.10. The summed E-state index contributed by atoms with van der Waals surface area (Å²) in [4.78, 5) is 1.28. The molecule has 0 atom stereocenters. The fourth-order valence-corrected chi connectivity index (χ4v) is 4.47. The summed E-state index contributed by atoms with van der Waals surface area (Å²) in [6.45, 7) is 2.60. The molecule has 134 valence electrons. The standard InChI is InChI=1S/C25H22OS/c1-2-3-4-16-24-25(21-13-6-8-15-23(21)27-24)20-12-9-11-19-10-5-7-14-22(19)26-18-17-20/h2-10,12-17H,11,18H2,1H3/b3-2+,12-9?,16-4+,20-17?. The van der Waals surface area contributed by atoms with Crippen molar-refractivity contribution in [3.05, 3.63) is 101 Å². The highest BCUT2D eigenvalue weighted by molar-refractivity contribution is 7.20. The van der Waals surface area contributed by atoms with Gasteiger partial charge in [-0.3, -0.25) is 0 Å². The number of hydrogen-bond acceptors (Lipinski definition) is 2. The first-order valence-electron chi connectivity index (χ1n) is 9.25. The Balaban J connectivity index is 1.79. The molecule has 0 bridgehead atoms. The van der Waals surface area contributed by atoms with Crippen molar-refractivity contribution < 1.29 is 4.74 Å². The van der Waals surface area contributed by atoms with Crippen molar-refractivity contribution in [1.82, 2.24) is 0 Å². The number of ether oxygens (including phenoxy) is 1. The molecule has 0 aliphatic carbocycles. The molecule has 0 unspecified atom stereocenters. The summed E-state index contributed by atoms with van der Waals surface area (Å²) in [5, 5.41) is 1.30. The summed E-state index contributed by atoms with van der Waals surface area (Å²) in [6.07, 6.45) is 16.0. The molecular weight excluding hydrogens is 348 g/mol. The lowest BCUT2D eigenvalue weighted by molar-refractivity contribution is 0.360. The quantitative estimate of drug-likeness (QED) is 0.448. The Kier molecular flexibility index (Phi) is 5.36. The van der Waals surface area contributed by atoms with Crippen LogP contribution < -0.4 is 4.74 Å². The maximum atomic E-state index is 6.05. The summed E-state index contributed by atoms with van der Waals surface area (Å²) >= 11 is 1.84. The van der Waals surface area contributed by atoms with Gasteiger partial charge in [0.05, 0.1) is 0 Å². The van der Waals surface area contributed by atoms with Gasteiger partial charge >= 0.3 is 0 Å². The maximum Gasteiger partial charge on any atom is 0.123 e. The van der Waals surface area contributed by atoms with Crippen LogP contribution in [-0.2, 0) is 6.42 Å². The number of fused-ring (bicyclic) bond motifs is 2. The van der Waals surface area contributed by atoms with Crippen LogP contribution in [-0.4, -0.2) is 6.61 Å². The third kappa shape index (κ3) is 3.81. The number of hydrogen-bond donors (Lipinski definition) is 0. The molecule has 0 radical (unpaired) electrons. The minimum absolute atomic E-state index is 0.568. The van der Waals surface area contributed by atoms with E-state index < -0.39 is 0 Å². The molecule has 1 nitrogen and oxygen atoms in total. The van der Waals surface area contributed by atoms with Gasteiger partial charge in [0.1, 0.15) is 12.4 Å². The van der Waals surface area contributed by atoms with Gasteiger partial charge in [-0.15, -0.1) is 11.3 Å². The SMILES string of the molecule is C/C=C/C=C/c1sc2ccccc2c1C1=CCOc2ccccc2CC=C1. The first-order chi connectivity index (χ1) is 13.4. The van der Waals surface area contributed by atoms with E-state index >= 15 is 0 Å². The fourth-order valence-electron chi connectivity index (χ4n) is 3.33. The Labute approximate surface area is 164 Å². The van der Waals surface area contributed by atoms with Crippen LogP contribution in [0.5, 0.6) is 5.75 Å². The van der Waals surface area contributed by atoms with Crippen molar-refractivity contribution in [2.75, 3.05) is 6.61 Å². The van der Waals surface area contributed by atoms with Crippen LogP contribution >= 0.6 is 11.3 Å². The first kappa shape index (κ1) is 17.6. The van der Waals surface area contributed by atoms with Crippen LogP contribution in [0.3, 0.4) is 0 Å². The fraction of sp³-hybridized carbons (Fsp3) is 0.120. The van der Waals surface area contributed by atoms with Crippen molar-refractivity contribution >= 4 is 33.1 Å². The van der Waals surface area contributed by atoms with Gasteiger partial charge in [0.25, 0.3) is 0 Å². The van der Waals surface area contributed by atoms with Gasteiger partial charge in [-0.05, 0) is 48.8 Å². The third-order valence-electron chi connectivity index (χ3n) is 4.61. The Morgan fingerprint density at radius 3 is 2.78 bits per heavy atom. The van der Waals surface area contributed by atoms with Gasteiger partial charge in [0.2, 0.25) is 0 Å². The van der Waals surface area contributed by atoms with Crippen molar-refractivity contribution in [1.29, 1.82) is 0 Å². The largest absolute Gasteiger partial charge is 0.489 e. The van der Waals surface area contributed by atoms with Crippen LogP contribution in [0.1, 0.15) is 22.9 Å². The lowest BCUT2D eigenvalue weighted by Crippen LogP contribution is -1.97. The second-order valence-corrected chi connectivity index (χ2v) is 7.49. The second kappa shape index (κ2) is 8.24. The molecule has 1 aromatic heterocycles. The number of benzene rings is 2. The van der Waals surface area contributed by atoms with Gasteiger partial charge in [0.15, 0.2) is 0 Å². The zero-order valence-electron chi connectivity index (χ0n) is 15.4. The smallest absolute Gasteiger partial charge is 0.123 e. The predicted molar refractivity (Wildman–Crippen MR) is 118 cm³/mol. The van der Waals surface area contributed by atoms with Crippen molar-refractivity contribution in [3.8, 4) is 5.75 Å². The zero-order chi connectivity index (χ0) is 18.5. The lowest BCUT2D eigenvalue weighted by Gasteiger charge is -2.08. The van der Waals surface area contributed by atoms with Crippen molar-refractivity contribution in [2.24, 2.45) is 0 Å². The highest BCUT2D eigenvalue weighted by atomic mass is 32.1. The van der Waals surface area contributed by atoms with E-state index in [2.05, 4.69) is 72.9 Å². The summed E-state index contributed by atoms with van der Waals surface area (Å²) in [6, 6.07) is 16.9. The van der Waals surface area contributed by atoms with E-state index in [0.29, 0.717) is 6.61 Å². The van der Waals surface area contributed by atoms with Crippen LogP contribution in [0.4, 0.5) is 0 Å².